The molecule has 0 spiro atoms. The predicted molar refractivity (Wildman–Crippen MR) is 52.8 cm³/mol. The highest BCUT2D eigenvalue weighted by molar-refractivity contribution is 5.76. The third-order valence-corrected chi connectivity index (χ3v) is 2.35. The van der Waals surface area contributed by atoms with E-state index in [0.29, 0.717) is 0 Å². The topological polar surface area (TPSA) is 30.3 Å². The Kier molecular flexibility index (Phi) is 1.63. The number of anilines is 2. The largest absolute Gasteiger partial charge is 0.355 e. The van der Waals surface area contributed by atoms with Crippen molar-refractivity contribution in [1.29, 1.82) is 5.26 Å². The molecule has 1 aromatic rings. The van der Waals surface area contributed by atoms with Gasteiger partial charge in [0.05, 0.1) is 29.7 Å². The second-order valence-electron chi connectivity index (χ2n) is 3.35. The van der Waals surface area contributed by atoms with Crippen LogP contribution in [0.5, 0.6) is 0 Å². The van der Waals surface area contributed by atoms with E-state index in [1.165, 1.54) is 5.69 Å². The second-order valence-corrected chi connectivity index (χ2v) is 3.35. The molecule has 0 amide bonds. The Balaban J connectivity index is 2.53. The van der Waals surface area contributed by atoms with E-state index in [4.69, 9.17) is 5.26 Å². The first kappa shape index (κ1) is 7.93. The molecular weight excluding hydrogens is 162 g/mol. The van der Waals surface area contributed by atoms with Crippen LogP contribution in [0.2, 0.25) is 0 Å². The Hall–Kier alpha value is -1.69. The smallest absolute Gasteiger partial charge is 0.0992 e. The van der Waals surface area contributed by atoms with Crippen molar-refractivity contribution in [3.05, 3.63) is 23.8 Å². The number of hydrogen-bond donors (Lipinski definition) is 0. The van der Waals surface area contributed by atoms with E-state index in [1.807, 2.05) is 32.3 Å². The molecule has 1 aromatic carbocycles. The normalized spacial score (nSPS) is 14.2. The number of rotatable bonds is 0. The summed E-state index contributed by atoms with van der Waals surface area (Å²) in [6.45, 7) is 0.893. The third kappa shape index (κ3) is 1.11. The molecule has 0 aromatic heterocycles. The van der Waals surface area contributed by atoms with Gasteiger partial charge in [-0.15, -0.1) is 0 Å². The minimum absolute atomic E-state index is 0.723. The molecule has 3 nitrogen and oxygen atoms in total. The van der Waals surface area contributed by atoms with Gasteiger partial charge in [0.15, 0.2) is 0 Å². The van der Waals surface area contributed by atoms with Crippen LogP contribution in [0.3, 0.4) is 0 Å². The van der Waals surface area contributed by atoms with Crippen molar-refractivity contribution in [2.75, 3.05) is 30.6 Å². The van der Waals surface area contributed by atoms with Gasteiger partial charge in [-0.2, -0.15) is 5.26 Å². The van der Waals surface area contributed by atoms with Gasteiger partial charge in [-0.3, -0.25) is 0 Å². The maximum Gasteiger partial charge on any atom is 0.0992 e. The van der Waals surface area contributed by atoms with Crippen LogP contribution in [-0.4, -0.2) is 20.8 Å². The molecule has 0 saturated carbocycles. The van der Waals surface area contributed by atoms with E-state index in [2.05, 4.69) is 15.9 Å². The molecule has 0 unspecified atom stereocenters. The maximum atomic E-state index is 8.74. The summed E-state index contributed by atoms with van der Waals surface area (Å²) >= 11 is 0. The van der Waals surface area contributed by atoms with Crippen LogP contribution in [0, 0.1) is 11.3 Å². The zero-order valence-corrected chi connectivity index (χ0v) is 7.78. The summed E-state index contributed by atoms with van der Waals surface area (Å²) in [5.74, 6) is 0. The fraction of sp³-hybridized carbons (Fsp3) is 0.300. The van der Waals surface area contributed by atoms with Gasteiger partial charge >= 0.3 is 0 Å². The number of nitrogens with zero attached hydrogens (tertiary/aromatic N) is 3. The molecule has 2 rings (SSSR count). The van der Waals surface area contributed by atoms with Crippen LogP contribution in [0.4, 0.5) is 11.4 Å². The van der Waals surface area contributed by atoms with Crippen LogP contribution < -0.4 is 9.80 Å². The van der Waals surface area contributed by atoms with Crippen molar-refractivity contribution in [3.63, 3.8) is 0 Å². The van der Waals surface area contributed by atoms with Gasteiger partial charge in [-0.1, -0.05) is 0 Å². The summed E-state index contributed by atoms with van der Waals surface area (Å²) < 4.78 is 0. The van der Waals surface area contributed by atoms with Gasteiger partial charge in [-0.05, 0) is 18.2 Å². The van der Waals surface area contributed by atoms with E-state index < -0.39 is 0 Å². The van der Waals surface area contributed by atoms with Gasteiger partial charge in [0.25, 0.3) is 0 Å². The summed E-state index contributed by atoms with van der Waals surface area (Å²) in [5.41, 5.74) is 3.06. The van der Waals surface area contributed by atoms with E-state index in [0.717, 1.165) is 17.9 Å². The van der Waals surface area contributed by atoms with Gasteiger partial charge in [0.1, 0.15) is 0 Å². The molecule has 1 aliphatic rings. The monoisotopic (exact) mass is 173 g/mol. The number of nitriles is 1. The van der Waals surface area contributed by atoms with Crippen molar-refractivity contribution < 1.29 is 0 Å². The van der Waals surface area contributed by atoms with Crippen molar-refractivity contribution >= 4 is 11.4 Å². The van der Waals surface area contributed by atoms with Crippen molar-refractivity contribution in [2.24, 2.45) is 0 Å². The fourth-order valence-electron chi connectivity index (χ4n) is 1.69. The zero-order valence-electron chi connectivity index (χ0n) is 7.78. The summed E-state index contributed by atoms with van der Waals surface area (Å²) in [7, 11) is 4.08. The van der Waals surface area contributed by atoms with E-state index >= 15 is 0 Å². The average molecular weight is 173 g/mol. The standard InChI is InChI=1S/C10H11N3/c1-12-7-13(2)10-5-8(6-11)3-4-9(10)12/h3-5H,7H2,1-2H3. The third-order valence-electron chi connectivity index (χ3n) is 2.35. The van der Waals surface area contributed by atoms with Gasteiger partial charge in [-0.25, -0.2) is 0 Å². The summed E-state index contributed by atoms with van der Waals surface area (Å²) in [5, 5.41) is 8.74. The number of fused-ring (bicyclic) bond motifs is 1. The molecule has 0 fully saturated rings. The predicted octanol–water partition coefficient (Wildman–Crippen LogP) is 1.40. The van der Waals surface area contributed by atoms with Crippen LogP contribution >= 0.6 is 0 Å². The molecular formula is C10H11N3. The minimum Gasteiger partial charge on any atom is -0.355 e. The Morgan fingerprint density at radius 2 is 1.92 bits per heavy atom. The second kappa shape index (κ2) is 2.67. The van der Waals surface area contributed by atoms with Gasteiger partial charge < -0.3 is 9.80 Å². The van der Waals surface area contributed by atoms with Gasteiger partial charge in [0.2, 0.25) is 0 Å². The Labute approximate surface area is 77.8 Å². The number of hydrogen-bond acceptors (Lipinski definition) is 3. The van der Waals surface area contributed by atoms with Crippen molar-refractivity contribution in [1.82, 2.24) is 0 Å². The molecule has 0 saturated heterocycles. The summed E-state index contributed by atoms with van der Waals surface area (Å²) in [6.07, 6.45) is 0. The number of benzene rings is 1. The maximum absolute atomic E-state index is 8.74. The lowest BCUT2D eigenvalue weighted by Gasteiger charge is -2.11. The van der Waals surface area contributed by atoms with Crippen molar-refractivity contribution in [3.8, 4) is 6.07 Å². The Bertz CT molecular complexity index is 378. The molecule has 0 aliphatic carbocycles. The zero-order chi connectivity index (χ0) is 9.42. The highest BCUT2D eigenvalue weighted by Gasteiger charge is 2.19. The van der Waals surface area contributed by atoms with E-state index in [-0.39, 0.29) is 0 Å². The lowest BCUT2D eigenvalue weighted by Crippen LogP contribution is -2.23. The SMILES string of the molecule is CN1CN(C)c2cc(C#N)ccc21. The molecule has 1 aliphatic heterocycles. The molecule has 1 heterocycles. The minimum atomic E-state index is 0.723. The lowest BCUT2D eigenvalue weighted by atomic mass is 10.2. The summed E-state index contributed by atoms with van der Waals surface area (Å²) in [4.78, 5) is 4.30. The Morgan fingerprint density at radius 3 is 2.62 bits per heavy atom. The first-order valence-electron chi connectivity index (χ1n) is 4.19. The molecule has 0 bridgehead atoms. The molecule has 0 N–H and O–H groups in total. The molecule has 0 radical (unpaired) electrons. The van der Waals surface area contributed by atoms with E-state index in [9.17, 15) is 0 Å². The molecule has 66 valence electrons. The van der Waals surface area contributed by atoms with Crippen LogP contribution in [0.25, 0.3) is 0 Å². The fourth-order valence-corrected chi connectivity index (χ4v) is 1.69. The van der Waals surface area contributed by atoms with Crippen LogP contribution in [0.15, 0.2) is 18.2 Å². The quantitative estimate of drug-likeness (QED) is 0.594. The Morgan fingerprint density at radius 1 is 1.23 bits per heavy atom. The first-order chi connectivity index (χ1) is 6.22. The van der Waals surface area contributed by atoms with E-state index in [1.54, 1.807) is 0 Å². The van der Waals surface area contributed by atoms with Crippen LogP contribution in [-0.2, 0) is 0 Å². The highest BCUT2D eigenvalue weighted by atomic mass is 15.3. The molecule has 3 heteroatoms. The van der Waals surface area contributed by atoms with Gasteiger partial charge in [0, 0.05) is 14.1 Å². The average Bonchev–Trinajstić information content (AvgIpc) is 2.42. The van der Waals surface area contributed by atoms with Crippen molar-refractivity contribution in [2.45, 2.75) is 0 Å². The first-order valence-corrected chi connectivity index (χ1v) is 4.19. The highest BCUT2D eigenvalue weighted by Crippen LogP contribution is 2.34. The van der Waals surface area contributed by atoms with Crippen LogP contribution in [0.1, 0.15) is 5.56 Å². The lowest BCUT2D eigenvalue weighted by molar-refractivity contribution is 0.916. The molecule has 0 atom stereocenters. The molecule has 13 heavy (non-hydrogen) atoms. The summed E-state index contributed by atoms with van der Waals surface area (Å²) in [6, 6.07) is 7.93.